The van der Waals surface area contributed by atoms with E-state index in [4.69, 9.17) is 0 Å². The van der Waals surface area contributed by atoms with E-state index < -0.39 is 0 Å². The van der Waals surface area contributed by atoms with Crippen molar-refractivity contribution < 1.29 is 4.79 Å². The van der Waals surface area contributed by atoms with Crippen LogP contribution in [0.3, 0.4) is 0 Å². The Morgan fingerprint density at radius 3 is 2.44 bits per heavy atom. The minimum absolute atomic E-state index is 0.0513. The van der Waals surface area contributed by atoms with Crippen molar-refractivity contribution in [1.29, 1.82) is 0 Å². The molecule has 16 heavy (non-hydrogen) atoms. The Labute approximate surface area is 94.2 Å². The molecule has 2 rings (SSSR count). The topological polar surface area (TPSA) is 42.9 Å². The van der Waals surface area contributed by atoms with Crippen LogP contribution in [0.4, 0.5) is 0 Å². The Morgan fingerprint density at radius 2 is 1.88 bits per heavy atom. The van der Waals surface area contributed by atoms with Crippen LogP contribution in [0.5, 0.6) is 0 Å². The third kappa shape index (κ3) is 1.98. The highest BCUT2D eigenvalue weighted by atomic mass is 16.1. The number of carbonyl (C=O) groups is 1. The van der Waals surface area contributed by atoms with E-state index in [0.29, 0.717) is 11.4 Å². The van der Waals surface area contributed by atoms with E-state index in [1.807, 2.05) is 30.3 Å². The quantitative estimate of drug-likeness (QED) is 0.719. The van der Waals surface area contributed by atoms with Crippen molar-refractivity contribution in [2.75, 3.05) is 0 Å². The Bertz CT molecular complexity index is 521. The van der Waals surface area contributed by atoms with Gasteiger partial charge in [-0.25, -0.2) is 9.97 Å². The van der Waals surface area contributed by atoms with Crippen LogP contribution in [0.25, 0.3) is 11.3 Å². The number of carbonyl (C=O) groups excluding carboxylic acids is 1. The first kappa shape index (κ1) is 10.5. The molecule has 0 aliphatic heterocycles. The predicted molar refractivity (Wildman–Crippen MR) is 62.2 cm³/mol. The summed E-state index contributed by atoms with van der Waals surface area (Å²) >= 11 is 0. The van der Waals surface area contributed by atoms with Crippen LogP contribution in [0.15, 0.2) is 36.5 Å². The summed E-state index contributed by atoms with van der Waals surface area (Å²) in [4.78, 5) is 19.7. The van der Waals surface area contributed by atoms with Crippen molar-refractivity contribution >= 4 is 5.78 Å². The fourth-order valence-electron chi connectivity index (χ4n) is 1.58. The minimum atomic E-state index is -0.0513. The highest BCUT2D eigenvalue weighted by Crippen LogP contribution is 2.16. The summed E-state index contributed by atoms with van der Waals surface area (Å²) in [5.41, 5.74) is 2.92. The minimum Gasteiger partial charge on any atom is -0.293 e. The van der Waals surface area contributed by atoms with Crippen LogP contribution in [-0.2, 0) is 0 Å². The summed E-state index contributed by atoms with van der Waals surface area (Å²) < 4.78 is 0. The molecule has 0 bridgehead atoms. The molecule has 0 atom stereocenters. The van der Waals surface area contributed by atoms with Gasteiger partial charge in [0, 0.05) is 12.5 Å². The largest absolute Gasteiger partial charge is 0.293 e. The van der Waals surface area contributed by atoms with Crippen molar-refractivity contribution in [2.45, 2.75) is 13.8 Å². The molecule has 0 spiro atoms. The fraction of sp³-hybridized carbons (Fsp3) is 0.154. The standard InChI is InChI=1S/C13H12N2O/c1-9-13(10(2)16)14-8-12(15-9)11-6-4-3-5-7-11/h3-8H,1-2H3. The van der Waals surface area contributed by atoms with Gasteiger partial charge in [-0.05, 0) is 6.92 Å². The lowest BCUT2D eigenvalue weighted by molar-refractivity contribution is 0.101. The molecule has 0 N–H and O–H groups in total. The van der Waals surface area contributed by atoms with Crippen LogP contribution < -0.4 is 0 Å². The van der Waals surface area contributed by atoms with Gasteiger partial charge >= 0.3 is 0 Å². The van der Waals surface area contributed by atoms with Crippen molar-refractivity contribution in [2.24, 2.45) is 0 Å². The van der Waals surface area contributed by atoms with Crippen LogP contribution in [0, 0.1) is 6.92 Å². The van der Waals surface area contributed by atoms with Crippen molar-refractivity contribution in [1.82, 2.24) is 9.97 Å². The average Bonchev–Trinajstić information content (AvgIpc) is 2.29. The first-order valence-corrected chi connectivity index (χ1v) is 5.08. The van der Waals surface area contributed by atoms with E-state index >= 15 is 0 Å². The zero-order chi connectivity index (χ0) is 11.5. The molecule has 80 valence electrons. The molecule has 0 unspecified atom stereocenters. The maximum absolute atomic E-state index is 11.2. The van der Waals surface area contributed by atoms with Gasteiger partial charge in [0.15, 0.2) is 5.78 Å². The molecule has 0 aliphatic rings. The first-order valence-electron chi connectivity index (χ1n) is 5.08. The van der Waals surface area contributed by atoms with Gasteiger partial charge in [0.1, 0.15) is 5.69 Å². The number of hydrogen-bond donors (Lipinski definition) is 0. The van der Waals surface area contributed by atoms with Gasteiger partial charge in [-0.2, -0.15) is 0 Å². The second-order valence-corrected chi connectivity index (χ2v) is 3.61. The smallest absolute Gasteiger partial charge is 0.179 e. The van der Waals surface area contributed by atoms with Gasteiger partial charge in [0.2, 0.25) is 0 Å². The highest BCUT2D eigenvalue weighted by molar-refractivity contribution is 5.93. The first-order chi connectivity index (χ1) is 7.68. The molecule has 1 heterocycles. The van der Waals surface area contributed by atoms with Gasteiger partial charge in [-0.3, -0.25) is 4.79 Å². The average molecular weight is 212 g/mol. The summed E-state index contributed by atoms with van der Waals surface area (Å²) in [6, 6.07) is 9.79. The molecule has 0 aliphatic carbocycles. The molecule has 2 aromatic rings. The molecular weight excluding hydrogens is 200 g/mol. The van der Waals surface area contributed by atoms with E-state index in [1.54, 1.807) is 13.1 Å². The SMILES string of the molecule is CC(=O)c1ncc(-c2ccccc2)nc1C. The third-order valence-electron chi connectivity index (χ3n) is 2.35. The molecular formula is C13H12N2O. The lowest BCUT2D eigenvalue weighted by Crippen LogP contribution is -2.03. The molecule has 0 radical (unpaired) electrons. The summed E-state index contributed by atoms with van der Waals surface area (Å²) in [5, 5.41) is 0. The number of rotatable bonds is 2. The molecule has 1 aromatic heterocycles. The van der Waals surface area contributed by atoms with Gasteiger partial charge in [0.05, 0.1) is 17.6 Å². The highest BCUT2D eigenvalue weighted by Gasteiger charge is 2.08. The zero-order valence-electron chi connectivity index (χ0n) is 9.27. The molecule has 3 nitrogen and oxygen atoms in total. The number of Topliss-reactive ketones (excluding diaryl/α,β-unsaturated/α-hetero) is 1. The van der Waals surface area contributed by atoms with Crippen LogP contribution >= 0.6 is 0 Å². The second kappa shape index (κ2) is 4.23. The van der Waals surface area contributed by atoms with Gasteiger partial charge < -0.3 is 0 Å². The Balaban J connectivity index is 2.46. The van der Waals surface area contributed by atoms with Crippen LogP contribution in [0.2, 0.25) is 0 Å². The number of benzene rings is 1. The summed E-state index contributed by atoms with van der Waals surface area (Å²) in [5.74, 6) is -0.0513. The lowest BCUT2D eigenvalue weighted by atomic mass is 10.1. The van der Waals surface area contributed by atoms with Crippen molar-refractivity contribution in [3.8, 4) is 11.3 Å². The molecule has 0 fully saturated rings. The zero-order valence-corrected chi connectivity index (χ0v) is 9.27. The van der Waals surface area contributed by atoms with E-state index in [2.05, 4.69) is 9.97 Å². The monoisotopic (exact) mass is 212 g/mol. The van der Waals surface area contributed by atoms with Crippen molar-refractivity contribution in [3.63, 3.8) is 0 Å². The number of aromatic nitrogens is 2. The number of hydrogen-bond acceptors (Lipinski definition) is 3. The molecule has 3 heteroatoms. The Hall–Kier alpha value is -2.03. The Kier molecular flexibility index (Phi) is 2.77. The number of aryl methyl sites for hydroxylation is 1. The maximum Gasteiger partial charge on any atom is 0.179 e. The summed E-state index contributed by atoms with van der Waals surface area (Å²) in [6.07, 6.45) is 1.64. The van der Waals surface area contributed by atoms with Gasteiger partial charge in [0.25, 0.3) is 0 Å². The fourth-order valence-corrected chi connectivity index (χ4v) is 1.58. The summed E-state index contributed by atoms with van der Waals surface area (Å²) in [7, 11) is 0. The van der Waals surface area contributed by atoms with Crippen LogP contribution in [-0.4, -0.2) is 15.8 Å². The van der Waals surface area contributed by atoms with E-state index in [0.717, 1.165) is 11.3 Å². The number of ketones is 1. The van der Waals surface area contributed by atoms with Crippen LogP contribution in [0.1, 0.15) is 23.1 Å². The number of nitrogens with zero attached hydrogens (tertiary/aromatic N) is 2. The summed E-state index contributed by atoms with van der Waals surface area (Å²) in [6.45, 7) is 3.30. The molecule has 0 saturated carbocycles. The van der Waals surface area contributed by atoms with E-state index in [-0.39, 0.29) is 5.78 Å². The normalized spacial score (nSPS) is 10.1. The third-order valence-corrected chi connectivity index (χ3v) is 2.35. The second-order valence-electron chi connectivity index (χ2n) is 3.61. The Morgan fingerprint density at radius 1 is 1.19 bits per heavy atom. The van der Waals surface area contributed by atoms with Gasteiger partial charge in [-0.1, -0.05) is 30.3 Å². The molecule has 0 amide bonds. The van der Waals surface area contributed by atoms with E-state index in [1.165, 1.54) is 6.92 Å². The lowest BCUT2D eigenvalue weighted by Gasteiger charge is -2.04. The molecule has 1 aromatic carbocycles. The predicted octanol–water partition coefficient (Wildman–Crippen LogP) is 2.65. The maximum atomic E-state index is 11.2. The molecule has 0 saturated heterocycles. The van der Waals surface area contributed by atoms with Crippen molar-refractivity contribution in [3.05, 3.63) is 47.9 Å². The van der Waals surface area contributed by atoms with Gasteiger partial charge in [-0.15, -0.1) is 0 Å². The van der Waals surface area contributed by atoms with E-state index in [9.17, 15) is 4.79 Å².